The first-order chi connectivity index (χ1) is 17.9. The molecule has 2 rings (SSSR count). The molecule has 0 aliphatic rings. The molecule has 2 aromatic rings. The Morgan fingerprint density at radius 1 is 1.00 bits per heavy atom. The first-order valence-corrected chi connectivity index (χ1v) is 12.3. The minimum Gasteiger partial charge on any atom is -0.354 e. The topological polar surface area (TPSA) is 128 Å². The zero-order chi connectivity index (χ0) is 28.3. The first kappa shape index (κ1) is 30.8. The molecule has 0 fully saturated rings. The highest BCUT2D eigenvalue weighted by Gasteiger charge is 2.50. The molecule has 0 aromatic heterocycles. The van der Waals surface area contributed by atoms with Gasteiger partial charge in [0.25, 0.3) is 5.91 Å². The van der Waals surface area contributed by atoms with Gasteiger partial charge in [0.05, 0.1) is 6.04 Å². The van der Waals surface area contributed by atoms with Crippen molar-refractivity contribution in [3.05, 3.63) is 71.3 Å². The molecule has 0 aliphatic carbocycles. The number of alkyl halides is 3. The van der Waals surface area contributed by atoms with Crippen LogP contribution in [0.25, 0.3) is 0 Å². The number of aryl methyl sites for hydroxylation is 2. The quantitative estimate of drug-likeness (QED) is 0.358. The van der Waals surface area contributed by atoms with Gasteiger partial charge in [-0.25, -0.2) is 4.79 Å². The maximum atomic E-state index is 13.3. The van der Waals surface area contributed by atoms with E-state index in [4.69, 9.17) is 11.5 Å². The highest BCUT2D eigenvalue weighted by molar-refractivity contribution is 5.93. The van der Waals surface area contributed by atoms with Crippen LogP contribution in [0.1, 0.15) is 42.9 Å². The largest absolute Gasteiger partial charge is 0.493 e. The number of carbonyl (C=O) groups excluding carboxylic acids is 3. The summed E-state index contributed by atoms with van der Waals surface area (Å²) >= 11 is 0. The van der Waals surface area contributed by atoms with Crippen molar-refractivity contribution in [1.82, 2.24) is 10.4 Å². The average Bonchev–Trinajstić information content (AvgIpc) is 2.89. The minimum absolute atomic E-state index is 0.0466. The van der Waals surface area contributed by atoms with Crippen LogP contribution in [-0.4, -0.2) is 53.7 Å². The molecule has 208 valence electrons. The predicted octanol–water partition coefficient (Wildman–Crippen LogP) is 2.96. The lowest BCUT2D eigenvalue weighted by Crippen LogP contribution is -2.63. The summed E-state index contributed by atoms with van der Waals surface area (Å²) in [4.78, 5) is 43.0. The van der Waals surface area contributed by atoms with Crippen molar-refractivity contribution in [3.63, 3.8) is 0 Å². The Balaban J connectivity index is 2.27. The molecule has 5 N–H and O–H groups in total. The second kappa shape index (κ2) is 13.9. The van der Waals surface area contributed by atoms with Crippen LogP contribution in [0.15, 0.2) is 54.6 Å². The molecule has 0 radical (unpaired) electrons. The number of amides is 2. The second-order valence-corrected chi connectivity index (χ2v) is 9.30. The molecule has 11 heteroatoms. The molecule has 0 saturated heterocycles. The number of nitrogens with one attached hydrogen (secondary N) is 1. The van der Waals surface area contributed by atoms with Gasteiger partial charge in [0.1, 0.15) is 0 Å². The fourth-order valence-electron chi connectivity index (χ4n) is 3.78. The summed E-state index contributed by atoms with van der Waals surface area (Å²) in [7, 11) is 0. The molecular formula is C27H35F3N4O4. The van der Waals surface area contributed by atoms with Gasteiger partial charge < -0.3 is 21.6 Å². The normalized spacial score (nSPS) is 13.8. The van der Waals surface area contributed by atoms with E-state index in [2.05, 4.69) is 10.2 Å². The van der Waals surface area contributed by atoms with E-state index in [0.29, 0.717) is 12.8 Å². The number of hydrogen-bond donors (Lipinski definition) is 3. The van der Waals surface area contributed by atoms with Gasteiger partial charge in [-0.15, -0.1) is 0 Å². The number of halogens is 3. The summed E-state index contributed by atoms with van der Waals surface area (Å²) < 4.78 is 39.4. The number of nitrogens with zero attached hydrogens (tertiary/aromatic N) is 1. The fraction of sp³-hybridized carbons (Fsp3) is 0.444. The Labute approximate surface area is 220 Å². The number of hydrogen-bond acceptors (Lipinski definition) is 6. The van der Waals surface area contributed by atoms with Gasteiger partial charge in [-0.1, -0.05) is 60.2 Å². The molecule has 0 unspecified atom stereocenters. The van der Waals surface area contributed by atoms with Crippen LogP contribution in [-0.2, 0) is 32.1 Å². The minimum atomic E-state index is -5.40. The van der Waals surface area contributed by atoms with Gasteiger partial charge in [0.2, 0.25) is 5.91 Å². The fourth-order valence-corrected chi connectivity index (χ4v) is 3.78. The lowest BCUT2D eigenvalue weighted by atomic mass is 9.92. The van der Waals surface area contributed by atoms with E-state index in [0.717, 1.165) is 16.7 Å². The van der Waals surface area contributed by atoms with Crippen LogP contribution in [0.5, 0.6) is 0 Å². The molecular weight excluding hydrogens is 501 g/mol. The number of nitrogens with two attached hydrogens (primary N) is 2. The van der Waals surface area contributed by atoms with Crippen LogP contribution in [0.2, 0.25) is 0 Å². The summed E-state index contributed by atoms with van der Waals surface area (Å²) in [5.74, 6) is -4.55. The third-order valence-corrected chi connectivity index (χ3v) is 6.13. The Morgan fingerprint density at radius 3 is 2.18 bits per heavy atom. The molecule has 8 nitrogen and oxygen atoms in total. The zero-order valence-corrected chi connectivity index (χ0v) is 21.6. The molecule has 2 atom stereocenters. The Bertz CT molecular complexity index is 1060. The molecule has 0 bridgehead atoms. The Hall–Kier alpha value is -3.44. The molecule has 2 amide bonds. The highest BCUT2D eigenvalue weighted by atomic mass is 19.4. The van der Waals surface area contributed by atoms with E-state index < -0.39 is 35.5 Å². The van der Waals surface area contributed by atoms with E-state index in [9.17, 15) is 27.6 Å². The average molecular weight is 537 g/mol. The van der Waals surface area contributed by atoms with Crippen molar-refractivity contribution < 1.29 is 32.4 Å². The number of rotatable bonds is 12. The molecule has 0 heterocycles. The molecule has 2 aromatic carbocycles. The Morgan fingerprint density at radius 2 is 1.61 bits per heavy atom. The van der Waals surface area contributed by atoms with Gasteiger partial charge in [-0.3, -0.25) is 9.59 Å². The van der Waals surface area contributed by atoms with Gasteiger partial charge in [-0.2, -0.15) is 18.2 Å². The highest BCUT2D eigenvalue weighted by Crippen LogP contribution is 2.27. The van der Waals surface area contributed by atoms with E-state index in [-0.39, 0.29) is 37.4 Å². The van der Waals surface area contributed by atoms with Gasteiger partial charge >= 0.3 is 12.1 Å². The van der Waals surface area contributed by atoms with Crippen LogP contribution in [0, 0.1) is 6.92 Å². The number of benzene rings is 2. The molecule has 0 saturated carbocycles. The number of hydroxylamine groups is 2. The van der Waals surface area contributed by atoms with Crippen molar-refractivity contribution in [2.45, 2.75) is 63.7 Å². The van der Waals surface area contributed by atoms with Crippen molar-refractivity contribution >= 4 is 17.8 Å². The zero-order valence-electron chi connectivity index (χ0n) is 21.6. The number of carbonyl (C=O) groups is 3. The smallest absolute Gasteiger partial charge is 0.354 e. The second-order valence-electron chi connectivity index (χ2n) is 9.30. The van der Waals surface area contributed by atoms with E-state index in [1.165, 1.54) is 6.92 Å². The lowest BCUT2D eigenvalue weighted by Gasteiger charge is -2.39. The predicted molar refractivity (Wildman–Crippen MR) is 136 cm³/mol. The SMILES string of the molecule is Cc1ccc(CCNC(=O)[C@](C)(CCCN)N(OC(=O)C(F)(F)F)C(=O)[C@@H](N)CCc2ccccc2)cc1. The maximum absolute atomic E-state index is 13.3. The lowest BCUT2D eigenvalue weighted by molar-refractivity contribution is -0.253. The van der Waals surface area contributed by atoms with Crippen molar-refractivity contribution in [1.29, 1.82) is 0 Å². The van der Waals surface area contributed by atoms with Crippen LogP contribution < -0.4 is 16.8 Å². The van der Waals surface area contributed by atoms with Crippen LogP contribution in [0.3, 0.4) is 0 Å². The molecule has 38 heavy (non-hydrogen) atoms. The Kier molecular flexibility index (Phi) is 11.3. The van der Waals surface area contributed by atoms with E-state index >= 15 is 0 Å². The van der Waals surface area contributed by atoms with Gasteiger partial charge in [-0.05, 0) is 63.6 Å². The van der Waals surface area contributed by atoms with E-state index in [1.54, 1.807) is 12.1 Å². The first-order valence-electron chi connectivity index (χ1n) is 12.3. The van der Waals surface area contributed by atoms with Crippen molar-refractivity contribution in [2.75, 3.05) is 13.1 Å². The molecule has 0 aliphatic heterocycles. The summed E-state index contributed by atoms with van der Waals surface area (Å²) in [6, 6.07) is 15.3. The van der Waals surface area contributed by atoms with Crippen molar-refractivity contribution in [3.8, 4) is 0 Å². The standard InChI is InChI=1S/C27H35F3N4O4/c1-19-9-11-21(12-10-19)15-18-33-24(36)26(2,16-6-17-31)34(38-25(37)27(28,29)30)23(35)22(32)14-13-20-7-4-3-5-8-20/h3-5,7-12,22H,6,13-18,31-32H2,1-2H3,(H,33,36)/t22-,26-/m0/s1. The maximum Gasteiger partial charge on any atom is 0.493 e. The molecule has 0 spiro atoms. The van der Waals surface area contributed by atoms with Crippen LogP contribution >= 0.6 is 0 Å². The van der Waals surface area contributed by atoms with Crippen LogP contribution in [0.4, 0.5) is 13.2 Å². The van der Waals surface area contributed by atoms with Gasteiger partial charge in [0, 0.05) is 6.54 Å². The third-order valence-electron chi connectivity index (χ3n) is 6.13. The third kappa shape index (κ3) is 8.84. The van der Waals surface area contributed by atoms with Gasteiger partial charge in [0.15, 0.2) is 5.54 Å². The monoisotopic (exact) mass is 536 g/mol. The summed E-state index contributed by atoms with van der Waals surface area (Å²) in [5.41, 5.74) is 12.5. The summed E-state index contributed by atoms with van der Waals surface area (Å²) in [5, 5.41) is 2.84. The summed E-state index contributed by atoms with van der Waals surface area (Å²) in [6.45, 7) is 3.39. The van der Waals surface area contributed by atoms with Crippen molar-refractivity contribution in [2.24, 2.45) is 11.5 Å². The summed E-state index contributed by atoms with van der Waals surface area (Å²) in [6.07, 6.45) is -4.58. The van der Waals surface area contributed by atoms with E-state index in [1.807, 2.05) is 49.4 Å².